The summed E-state index contributed by atoms with van der Waals surface area (Å²) in [6, 6.07) is 3.41. The van der Waals surface area contributed by atoms with Gasteiger partial charge >= 0.3 is 5.97 Å². The van der Waals surface area contributed by atoms with Crippen LogP contribution in [0.2, 0.25) is 5.02 Å². The number of sulfone groups is 1. The highest BCUT2D eigenvalue weighted by molar-refractivity contribution is 7.90. The third-order valence-corrected chi connectivity index (χ3v) is 3.82. The molecule has 0 spiro atoms. The Balaban J connectivity index is 3.01. The minimum atomic E-state index is -3.25. The van der Waals surface area contributed by atoms with Crippen molar-refractivity contribution in [2.45, 2.75) is 13.0 Å². The van der Waals surface area contributed by atoms with Crippen LogP contribution in [0.25, 0.3) is 0 Å². The van der Waals surface area contributed by atoms with Crippen molar-refractivity contribution in [2.75, 3.05) is 12.0 Å². The van der Waals surface area contributed by atoms with E-state index in [1.807, 2.05) is 0 Å². The molecule has 0 bridgehead atoms. The van der Waals surface area contributed by atoms with Crippen LogP contribution in [0.5, 0.6) is 0 Å². The van der Waals surface area contributed by atoms with Crippen molar-refractivity contribution in [3.63, 3.8) is 0 Å². The second-order valence-corrected chi connectivity index (χ2v) is 7.03. The van der Waals surface area contributed by atoms with Gasteiger partial charge < -0.3 is 10.4 Å². The number of rotatable bonds is 5. The number of hydrogen-bond acceptors (Lipinski definition) is 4. The average Bonchev–Trinajstić information content (AvgIpc) is 2.25. The molecule has 110 valence electrons. The zero-order chi connectivity index (χ0) is 15.5. The van der Waals surface area contributed by atoms with E-state index in [0.717, 1.165) is 6.26 Å². The van der Waals surface area contributed by atoms with Gasteiger partial charge in [-0.15, -0.1) is 0 Å². The lowest BCUT2D eigenvalue weighted by atomic mass is 10.1. The number of carbonyl (C=O) groups excluding carboxylic acids is 1. The molecule has 0 unspecified atom stereocenters. The van der Waals surface area contributed by atoms with Gasteiger partial charge in [0, 0.05) is 12.3 Å². The van der Waals surface area contributed by atoms with Gasteiger partial charge in [-0.05, 0) is 19.1 Å². The van der Waals surface area contributed by atoms with Crippen molar-refractivity contribution >= 4 is 33.3 Å². The maximum Gasteiger partial charge on any atom is 0.336 e. The first-order valence-corrected chi connectivity index (χ1v) is 8.06. The molecule has 2 N–H and O–H groups in total. The van der Waals surface area contributed by atoms with E-state index in [1.165, 1.54) is 25.1 Å². The zero-order valence-corrected chi connectivity index (χ0v) is 12.5. The molecular weight excluding hydrogens is 306 g/mol. The first-order valence-electron chi connectivity index (χ1n) is 5.62. The molecule has 0 fully saturated rings. The normalized spacial score (nSPS) is 12.8. The molecule has 0 aliphatic carbocycles. The Bertz CT molecular complexity index is 641. The first kappa shape index (κ1) is 16.5. The van der Waals surface area contributed by atoms with Crippen molar-refractivity contribution in [2.24, 2.45) is 0 Å². The van der Waals surface area contributed by atoms with Crippen LogP contribution < -0.4 is 5.32 Å². The van der Waals surface area contributed by atoms with Gasteiger partial charge in [0.05, 0.1) is 21.9 Å². The van der Waals surface area contributed by atoms with Crippen molar-refractivity contribution in [3.8, 4) is 0 Å². The minimum absolute atomic E-state index is 0.00560. The van der Waals surface area contributed by atoms with E-state index < -0.39 is 27.8 Å². The van der Waals surface area contributed by atoms with E-state index in [0.29, 0.717) is 0 Å². The zero-order valence-electron chi connectivity index (χ0n) is 10.9. The minimum Gasteiger partial charge on any atom is -0.478 e. The SMILES string of the molecule is C[C@@H](CS(C)(=O)=O)NC(=O)c1c(Cl)cccc1C(=O)O. The highest BCUT2D eigenvalue weighted by Gasteiger charge is 2.22. The highest BCUT2D eigenvalue weighted by Crippen LogP contribution is 2.20. The number of carbonyl (C=O) groups is 2. The molecule has 0 heterocycles. The van der Waals surface area contributed by atoms with Crippen molar-refractivity contribution in [1.82, 2.24) is 5.32 Å². The molecule has 0 saturated heterocycles. The van der Waals surface area contributed by atoms with Crippen LogP contribution >= 0.6 is 11.6 Å². The summed E-state index contributed by atoms with van der Waals surface area (Å²) in [4.78, 5) is 23.1. The number of nitrogens with one attached hydrogen (secondary N) is 1. The van der Waals surface area contributed by atoms with E-state index in [1.54, 1.807) is 0 Å². The van der Waals surface area contributed by atoms with E-state index in [-0.39, 0.29) is 21.9 Å². The van der Waals surface area contributed by atoms with Gasteiger partial charge in [0.1, 0.15) is 9.84 Å². The third kappa shape index (κ3) is 4.50. The summed E-state index contributed by atoms with van der Waals surface area (Å²) >= 11 is 5.84. The summed E-state index contributed by atoms with van der Waals surface area (Å²) in [7, 11) is -3.25. The summed E-state index contributed by atoms with van der Waals surface area (Å²) in [6.07, 6.45) is 1.05. The smallest absolute Gasteiger partial charge is 0.336 e. The average molecular weight is 320 g/mol. The fraction of sp³-hybridized carbons (Fsp3) is 0.333. The number of hydrogen-bond donors (Lipinski definition) is 2. The second kappa shape index (κ2) is 6.23. The topological polar surface area (TPSA) is 101 Å². The molecule has 1 rings (SSSR count). The fourth-order valence-corrected chi connectivity index (χ4v) is 2.98. The summed E-state index contributed by atoms with van der Waals surface area (Å²) < 4.78 is 22.3. The largest absolute Gasteiger partial charge is 0.478 e. The van der Waals surface area contributed by atoms with Gasteiger partial charge in [-0.25, -0.2) is 13.2 Å². The molecule has 1 amide bonds. The van der Waals surface area contributed by atoms with Crippen molar-refractivity contribution in [3.05, 3.63) is 34.3 Å². The Morgan fingerprint density at radius 1 is 1.40 bits per heavy atom. The molecular formula is C12H14ClNO5S. The van der Waals surface area contributed by atoms with Crippen LogP contribution in [0.4, 0.5) is 0 Å². The van der Waals surface area contributed by atoms with E-state index in [4.69, 9.17) is 16.7 Å². The number of carboxylic acid groups (broad SMARTS) is 1. The molecule has 1 aromatic carbocycles. The second-order valence-electron chi connectivity index (χ2n) is 4.43. The van der Waals surface area contributed by atoms with E-state index in [9.17, 15) is 18.0 Å². The quantitative estimate of drug-likeness (QED) is 0.849. The van der Waals surface area contributed by atoms with E-state index in [2.05, 4.69) is 5.32 Å². The number of amides is 1. The Morgan fingerprint density at radius 2 is 2.00 bits per heavy atom. The Labute approximate surface area is 121 Å². The summed E-state index contributed by atoms with van der Waals surface area (Å²) in [5.41, 5.74) is -0.413. The van der Waals surface area contributed by atoms with Crippen LogP contribution in [-0.4, -0.2) is 43.5 Å². The summed E-state index contributed by atoms with van der Waals surface area (Å²) in [5.74, 6) is -2.25. The standard InChI is InChI=1S/C12H14ClNO5S/c1-7(6-20(2,18)19)14-11(15)10-8(12(16)17)4-3-5-9(10)13/h3-5,7H,6H2,1-2H3,(H,14,15)(H,16,17)/t7-/m0/s1. The Morgan fingerprint density at radius 3 is 2.50 bits per heavy atom. The third-order valence-electron chi connectivity index (χ3n) is 2.40. The molecule has 0 radical (unpaired) electrons. The predicted molar refractivity (Wildman–Crippen MR) is 75.1 cm³/mol. The molecule has 1 atom stereocenters. The lowest BCUT2D eigenvalue weighted by Crippen LogP contribution is -2.38. The van der Waals surface area contributed by atoms with Gasteiger partial charge in [-0.3, -0.25) is 4.79 Å². The van der Waals surface area contributed by atoms with Crippen LogP contribution in [0.3, 0.4) is 0 Å². The molecule has 20 heavy (non-hydrogen) atoms. The Hall–Kier alpha value is -1.60. The monoisotopic (exact) mass is 319 g/mol. The number of carboxylic acids is 1. The maximum atomic E-state index is 12.0. The number of benzene rings is 1. The van der Waals surface area contributed by atoms with Crippen LogP contribution in [-0.2, 0) is 9.84 Å². The maximum absolute atomic E-state index is 12.0. The molecule has 8 heteroatoms. The molecule has 0 aliphatic heterocycles. The van der Waals surface area contributed by atoms with Gasteiger partial charge in [-0.1, -0.05) is 17.7 Å². The van der Waals surface area contributed by atoms with Crippen LogP contribution in [0, 0.1) is 0 Å². The van der Waals surface area contributed by atoms with Crippen molar-refractivity contribution < 1.29 is 23.1 Å². The van der Waals surface area contributed by atoms with Gasteiger partial charge in [0.2, 0.25) is 0 Å². The van der Waals surface area contributed by atoms with Crippen molar-refractivity contribution in [1.29, 1.82) is 0 Å². The van der Waals surface area contributed by atoms with E-state index >= 15 is 0 Å². The predicted octanol–water partition coefficient (Wildman–Crippen LogP) is 1.20. The van der Waals surface area contributed by atoms with Gasteiger partial charge in [-0.2, -0.15) is 0 Å². The van der Waals surface area contributed by atoms with Gasteiger partial charge in [0.15, 0.2) is 0 Å². The molecule has 6 nitrogen and oxygen atoms in total. The summed E-state index contributed by atoms with van der Waals surface area (Å²) in [6.45, 7) is 1.51. The fourth-order valence-electron chi connectivity index (χ4n) is 1.72. The van der Waals surface area contributed by atoms with Crippen LogP contribution in [0.15, 0.2) is 18.2 Å². The highest BCUT2D eigenvalue weighted by atomic mass is 35.5. The lowest BCUT2D eigenvalue weighted by Gasteiger charge is -2.14. The first-order chi connectivity index (χ1) is 9.11. The van der Waals surface area contributed by atoms with Crippen LogP contribution in [0.1, 0.15) is 27.6 Å². The molecule has 0 saturated carbocycles. The number of aromatic carboxylic acids is 1. The molecule has 0 aromatic heterocycles. The molecule has 0 aliphatic rings. The van der Waals surface area contributed by atoms with Gasteiger partial charge in [0.25, 0.3) is 5.91 Å². The Kier molecular flexibility index (Phi) is 5.13. The summed E-state index contributed by atoms with van der Waals surface area (Å²) in [5, 5.41) is 11.4. The number of halogens is 1. The molecule has 1 aromatic rings. The lowest BCUT2D eigenvalue weighted by molar-refractivity contribution is 0.0690.